The maximum atomic E-state index is 5.58. The van der Waals surface area contributed by atoms with E-state index in [0.29, 0.717) is 5.84 Å². The molecule has 84 valence electrons. The number of amidine groups is 1. The Hall–Kier alpha value is -1.31. The lowest BCUT2D eigenvalue weighted by atomic mass is 9.96. The van der Waals surface area contributed by atoms with Crippen LogP contribution in [0.2, 0.25) is 0 Å². The van der Waals surface area contributed by atoms with Crippen LogP contribution in [0, 0.1) is 0 Å². The van der Waals surface area contributed by atoms with E-state index in [1.807, 2.05) is 13.8 Å². The fraction of sp³-hybridized carbons (Fsp3) is 0.462. The van der Waals surface area contributed by atoms with E-state index in [1.54, 1.807) is 6.92 Å². The molecule has 2 heteroatoms. The van der Waals surface area contributed by atoms with Crippen molar-refractivity contribution in [2.75, 3.05) is 0 Å². The van der Waals surface area contributed by atoms with E-state index in [4.69, 9.17) is 5.73 Å². The van der Waals surface area contributed by atoms with E-state index in [1.165, 1.54) is 11.1 Å². The molecular weight excluding hydrogens is 184 g/mol. The first kappa shape index (κ1) is 13.7. The first-order valence-electron chi connectivity index (χ1n) is 5.09. The molecule has 0 saturated carbocycles. The van der Waals surface area contributed by atoms with E-state index in [2.05, 4.69) is 32.3 Å². The quantitative estimate of drug-likeness (QED) is 0.428. The average Bonchev–Trinajstić information content (AvgIpc) is 2.01. The van der Waals surface area contributed by atoms with Crippen molar-refractivity contribution in [3.8, 4) is 0 Å². The highest BCUT2D eigenvalue weighted by molar-refractivity contribution is 5.78. The van der Waals surface area contributed by atoms with E-state index in [9.17, 15) is 0 Å². The summed E-state index contributed by atoms with van der Waals surface area (Å²) in [6.07, 6.45) is 0. The summed E-state index contributed by atoms with van der Waals surface area (Å²) in [6.45, 7) is 16.0. The van der Waals surface area contributed by atoms with Crippen molar-refractivity contribution in [2.24, 2.45) is 10.7 Å². The number of nitrogens with two attached hydrogens (primary N) is 1. The van der Waals surface area contributed by atoms with Crippen LogP contribution >= 0.6 is 0 Å². The summed E-state index contributed by atoms with van der Waals surface area (Å²) < 4.78 is 0. The third kappa shape index (κ3) is 4.15. The van der Waals surface area contributed by atoms with Crippen LogP contribution in [0.3, 0.4) is 0 Å². The SMILES string of the molecule is C=C(C)/C(C(C)=C(C)C)=C(/C)N=C(C)N. The van der Waals surface area contributed by atoms with Gasteiger partial charge in [0.2, 0.25) is 0 Å². The summed E-state index contributed by atoms with van der Waals surface area (Å²) in [6, 6.07) is 0. The zero-order chi connectivity index (χ0) is 12.2. The zero-order valence-corrected chi connectivity index (χ0v) is 10.7. The van der Waals surface area contributed by atoms with Gasteiger partial charge in [0.1, 0.15) is 0 Å². The summed E-state index contributed by atoms with van der Waals surface area (Å²) in [7, 11) is 0. The van der Waals surface area contributed by atoms with E-state index < -0.39 is 0 Å². The summed E-state index contributed by atoms with van der Waals surface area (Å²) in [5.41, 5.74) is 11.1. The van der Waals surface area contributed by atoms with Crippen LogP contribution < -0.4 is 5.73 Å². The molecule has 0 rings (SSSR count). The van der Waals surface area contributed by atoms with Crippen molar-refractivity contribution in [2.45, 2.75) is 41.5 Å². The van der Waals surface area contributed by atoms with Crippen LogP contribution in [0.5, 0.6) is 0 Å². The Morgan fingerprint density at radius 2 is 1.47 bits per heavy atom. The molecule has 0 saturated heterocycles. The smallest absolute Gasteiger partial charge is 0.0961 e. The largest absolute Gasteiger partial charge is 0.387 e. The molecule has 15 heavy (non-hydrogen) atoms. The van der Waals surface area contributed by atoms with Crippen LogP contribution in [-0.4, -0.2) is 5.84 Å². The second kappa shape index (κ2) is 5.54. The molecule has 0 atom stereocenters. The highest BCUT2D eigenvalue weighted by Crippen LogP contribution is 2.24. The average molecular weight is 206 g/mol. The van der Waals surface area contributed by atoms with Gasteiger partial charge in [-0.3, -0.25) is 0 Å². The maximum Gasteiger partial charge on any atom is 0.0961 e. The molecule has 0 aliphatic carbocycles. The summed E-state index contributed by atoms with van der Waals surface area (Å²) in [5.74, 6) is 0.577. The minimum absolute atomic E-state index is 0.577. The molecular formula is C13H22N2. The lowest BCUT2D eigenvalue weighted by Gasteiger charge is -2.12. The molecule has 2 N–H and O–H groups in total. The van der Waals surface area contributed by atoms with Crippen LogP contribution in [0.4, 0.5) is 0 Å². The van der Waals surface area contributed by atoms with E-state index >= 15 is 0 Å². The second-order valence-electron chi connectivity index (χ2n) is 4.12. The van der Waals surface area contributed by atoms with Crippen molar-refractivity contribution in [1.29, 1.82) is 0 Å². The van der Waals surface area contributed by atoms with Gasteiger partial charge in [-0.15, -0.1) is 0 Å². The number of nitrogens with zero attached hydrogens (tertiary/aromatic N) is 1. The molecule has 0 heterocycles. The standard InChI is InChI=1S/C13H22N2/c1-8(2)10(5)13(9(3)4)11(6)15-12(7)14/h3H2,1-2,4-7H3,(H2,14,15)/b13-11+. The Bertz CT molecular complexity index is 347. The van der Waals surface area contributed by atoms with Gasteiger partial charge >= 0.3 is 0 Å². The Morgan fingerprint density at radius 1 is 1.00 bits per heavy atom. The molecule has 0 unspecified atom stereocenters. The van der Waals surface area contributed by atoms with Gasteiger partial charge in [0.05, 0.1) is 5.84 Å². The Kier molecular flexibility index (Phi) is 5.06. The molecule has 0 spiro atoms. The number of aliphatic imine (C=N–C) groups is 1. The fourth-order valence-electron chi connectivity index (χ4n) is 1.47. The Morgan fingerprint density at radius 3 is 1.73 bits per heavy atom. The molecule has 0 aromatic carbocycles. The van der Waals surface area contributed by atoms with Crippen molar-refractivity contribution in [3.05, 3.63) is 34.6 Å². The Balaban J connectivity index is 5.63. The summed E-state index contributed by atoms with van der Waals surface area (Å²) in [5, 5.41) is 0. The van der Waals surface area contributed by atoms with Gasteiger partial charge in [-0.25, -0.2) is 4.99 Å². The first-order valence-corrected chi connectivity index (χ1v) is 5.09. The molecule has 0 radical (unpaired) electrons. The Labute approximate surface area is 93.3 Å². The van der Waals surface area contributed by atoms with Gasteiger partial charge in [-0.2, -0.15) is 0 Å². The normalized spacial score (nSPS) is 13.3. The molecule has 0 fully saturated rings. The highest BCUT2D eigenvalue weighted by Gasteiger charge is 2.07. The number of rotatable bonds is 3. The molecule has 0 aliphatic rings. The minimum Gasteiger partial charge on any atom is -0.387 e. The molecule has 0 aromatic heterocycles. The number of hydrogen-bond acceptors (Lipinski definition) is 1. The van der Waals surface area contributed by atoms with Crippen molar-refractivity contribution < 1.29 is 0 Å². The van der Waals surface area contributed by atoms with Crippen LogP contribution in [-0.2, 0) is 0 Å². The highest BCUT2D eigenvalue weighted by atomic mass is 14.8. The third-order valence-electron chi connectivity index (χ3n) is 2.26. The lowest BCUT2D eigenvalue weighted by Crippen LogP contribution is -2.06. The molecule has 0 bridgehead atoms. The molecule has 0 aliphatic heterocycles. The van der Waals surface area contributed by atoms with Crippen LogP contribution in [0.1, 0.15) is 41.5 Å². The zero-order valence-electron chi connectivity index (χ0n) is 10.7. The monoisotopic (exact) mass is 206 g/mol. The van der Waals surface area contributed by atoms with Crippen molar-refractivity contribution in [3.63, 3.8) is 0 Å². The predicted molar refractivity (Wildman–Crippen MR) is 68.9 cm³/mol. The molecule has 2 nitrogen and oxygen atoms in total. The second-order valence-corrected chi connectivity index (χ2v) is 4.12. The number of hydrogen-bond donors (Lipinski definition) is 1. The van der Waals surface area contributed by atoms with Crippen molar-refractivity contribution >= 4 is 5.84 Å². The van der Waals surface area contributed by atoms with Gasteiger partial charge in [-0.1, -0.05) is 12.2 Å². The van der Waals surface area contributed by atoms with Crippen LogP contribution in [0.15, 0.2) is 39.6 Å². The van der Waals surface area contributed by atoms with Gasteiger partial charge < -0.3 is 5.73 Å². The van der Waals surface area contributed by atoms with Crippen LogP contribution in [0.25, 0.3) is 0 Å². The fourth-order valence-corrected chi connectivity index (χ4v) is 1.47. The lowest BCUT2D eigenvalue weighted by molar-refractivity contribution is 1.15. The van der Waals surface area contributed by atoms with Gasteiger partial charge in [-0.05, 0) is 52.7 Å². The minimum atomic E-state index is 0.577. The molecule has 0 aromatic rings. The predicted octanol–water partition coefficient (Wildman–Crippen LogP) is 3.57. The van der Waals surface area contributed by atoms with Gasteiger partial charge in [0.15, 0.2) is 0 Å². The van der Waals surface area contributed by atoms with Gasteiger partial charge in [0.25, 0.3) is 0 Å². The summed E-state index contributed by atoms with van der Waals surface area (Å²) in [4.78, 5) is 4.28. The topological polar surface area (TPSA) is 38.4 Å². The van der Waals surface area contributed by atoms with Gasteiger partial charge in [0, 0.05) is 11.3 Å². The first-order chi connectivity index (χ1) is 6.77. The summed E-state index contributed by atoms with van der Waals surface area (Å²) >= 11 is 0. The van der Waals surface area contributed by atoms with E-state index in [-0.39, 0.29) is 0 Å². The van der Waals surface area contributed by atoms with Crippen molar-refractivity contribution in [1.82, 2.24) is 0 Å². The third-order valence-corrected chi connectivity index (χ3v) is 2.26. The maximum absolute atomic E-state index is 5.58. The van der Waals surface area contributed by atoms with E-state index in [0.717, 1.165) is 16.8 Å². The molecule has 0 amide bonds. The number of allylic oxidation sites excluding steroid dienone is 5.